The lowest BCUT2D eigenvalue weighted by Gasteiger charge is -2.18. The molecule has 6 nitrogen and oxygen atoms in total. The maximum atomic E-state index is 12.4. The number of nitrogens with one attached hydrogen (secondary N) is 2. The molecule has 0 radical (unpaired) electrons. The quantitative estimate of drug-likeness (QED) is 0.407. The number of carbonyl (C=O) groups excluding carboxylic acids is 1. The van der Waals surface area contributed by atoms with Gasteiger partial charge in [0.25, 0.3) is 0 Å². The highest BCUT2D eigenvalue weighted by Gasteiger charge is 2.29. The van der Waals surface area contributed by atoms with Gasteiger partial charge >= 0.3 is 0 Å². The van der Waals surface area contributed by atoms with Gasteiger partial charge in [-0.3, -0.25) is 9.79 Å². The lowest BCUT2D eigenvalue weighted by molar-refractivity contribution is -0.127. The number of hydrogen-bond donors (Lipinski definition) is 3. The Kier molecular flexibility index (Phi) is 8.54. The molecule has 2 atom stereocenters. The molecule has 30 heavy (non-hydrogen) atoms. The van der Waals surface area contributed by atoms with E-state index in [-0.39, 0.29) is 18.4 Å². The van der Waals surface area contributed by atoms with Crippen LogP contribution in [0.3, 0.4) is 0 Å². The molecule has 1 amide bonds. The average Bonchev–Trinajstić information content (AvgIpc) is 3.34. The minimum absolute atomic E-state index is 0.213. The largest absolute Gasteiger partial charge is 0.386 e. The summed E-state index contributed by atoms with van der Waals surface area (Å²) in [5, 5.41) is 16.8. The lowest BCUT2D eigenvalue weighted by atomic mass is 10.1. The minimum atomic E-state index is -0.681. The van der Waals surface area contributed by atoms with Crippen molar-refractivity contribution >= 4 is 34.8 Å². The van der Waals surface area contributed by atoms with Gasteiger partial charge in [-0.1, -0.05) is 41.9 Å². The van der Waals surface area contributed by atoms with Gasteiger partial charge in [0.15, 0.2) is 5.96 Å². The molecule has 1 aromatic carbocycles. The number of thiophene rings is 1. The van der Waals surface area contributed by atoms with Crippen LogP contribution in [0.2, 0.25) is 4.34 Å². The summed E-state index contributed by atoms with van der Waals surface area (Å²) in [4.78, 5) is 19.6. The molecule has 2 aromatic rings. The van der Waals surface area contributed by atoms with E-state index >= 15 is 0 Å². The molecule has 0 aliphatic carbocycles. The number of hydrogen-bond acceptors (Lipinski definition) is 4. The van der Waals surface area contributed by atoms with Crippen molar-refractivity contribution in [1.82, 2.24) is 15.5 Å². The van der Waals surface area contributed by atoms with Gasteiger partial charge in [-0.15, -0.1) is 11.3 Å². The monoisotopic (exact) mass is 448 g/mol. The SMILES string of the molecule is CCNC(=NCC(O)c1ccc(Cl)s1)NCC1CC(=O)N(CCc2ccccc2)C1. The number of nitrogens with zero attached hydrogens (tertiary/aromatic N) is 2. The van der Waals surface area contributed by atoms with Crippen LogP contribution in [0.1, 0.15) is 29.9 Å². The highest BCUT2D eigenvalue weighted by atomic mass is 35.5. The van der Waals surface area contributed by atoms with Crippen LogP contribution in [-0.4, -0.2) is 54.6 Å². The number of likely N-dealkylation sites (tertiary alicyclic amines) is 1. The van der Waals surface area contributed by atoms with Gasteiger partial charge < -0.3 is 20.6 Å². The van der Waals surface area contributed by atoms with E-state index in [9.17, 15) is 9.90 Å². The Bertz CT molecular complexity index is 843. The molecule has 2 heterocycles. The second-order valence-electron chi connectivity index (χ2n) is 7.40. The first kappa shape index (κ1) is 22.6. The number of benzene rings is 1. The molecule has 8 heteroatoms. The molecular weight excluding hydrogens is 420 g/mol. The van der Waals surface area contributed by atoms with E-state index in [1.54, 1.807) is 6.07 Å². The van der Waals surface area contributed by atoms with Crippen molar-refractivity contribution in [1.29, 1.82) is 0 Å². The predicted molar refractivity (Wildman–Crippen MR) is 123 cm³/mol. The summed E-state index contributed by atoms with van der Waals surface area (Å²) in [6.45, 7) is 5.15. The maximum Gasteiger partial charge on any atom is 0.223 e. The number of halogens is 1. The van der Waals surface area contributed by atoms with E-state index in [1.807, 2.05) is 36.1 Å². The van der Waals surface area contributed by atoms with Crippen molar-refractivity contribution in [3.05, 3.63) is 57.2 Å². The van der Waals surface area contributed by atoms with Crippen molar-refractivity contribution < 1.29 is 9.90 Å². The van der Waals surface area contributed by atoms with Crippen LogP contribution in [0.25, 0.3) is 0 Å². The minimum Gasteiger partial charge on any atom is -0.386 e. The fourth-order valence-electron chi connectivity index (χ4n) is 3.47. The van der Waals surface area contributed by atoms with Crippen LogP contribution in [-0.2, 0) is 11.2 Å². The van der Waals surface area contributed by atoms with Crippen LogP contribution < -0.4 is 10.6 Å². The van der Waals surface area contributed by atoms with Crippen LogP contribution >= 0.6 is 22.9 Å². The molecule has 1 aliphatic rings. The topological polar surface area (TPSA) is 77.0 Å². The van der Waals surface area contributed by atoms with Crippen LogP contribution in [0, 0.1) is 5.92 Å². The number of aliphatic hydroxyl groups excluding tert-OH is 1. The van der Waals surface area contributed by atoms with Gasteiger partial charge in [0.05, 0.1) is 10.9 Å². The summed E-state index contributed by atoms with van der Waals surface area (Å²) < 4.78 is 0.654. The Morgan fingerprint density at radius 3 is 2.80 bits per heavy atom. The number of guanidine groups is 1. The standard InChI is InChI=1S/C22H29ClN4O2S/c1-2-24-22(26-14-18(28)19-8-9-20(23)30-19)25-13-17-12-21(29)27(15-17)11-10-16-6-4-3-5-7-16/h3-9,17-18,28H,2,10-15H2,1H3,(H2,24,25,26). The van der Waals surface area contributed by atoms with Crippen LogP contribution in [0.15, 0.2) is 47.5 Å². The van der Waals surface area contributed by atoms with E-state index < -0.39 is 6.10 Å². The van der Waals surface area contributed by atoms with E-state index in [1.165, 1.54) is 16.9 Å². The summed E-state index contributed by atoms with van der Waals surface area (Å²) in [5.41, 5.74) is 1.25. The highest BCUT2D eigenvalue weighted by Crippen LogP contribution is 2.27. The number of rotatable bonds is 9. The second kappa shape index (κ2) is 11.3. The number of carbonyl (C=O) groups is 1. The molecule has 162 valence electrons. The van der Waals surface area contributed by atoms with Gasteiger partial charge in [-0.2, -0.15) is 0 Å². The first-order chi connectivity index (χ1) is 14.5. The van der Waals surface area contributed by atoms with E-state index in [0.717, 1.165) is 30.9 Å². The maximum absolute atomic E-state index is 12.4. The van der Waals surface area contributed by atoms with Crippen LogP contribution in [0.5, 0.6) is 0 Å². The average molecular weight is 449 g/mol. The third-order valence-electron chi connectivity index (χ3n) is 5.05. The van der Waals surface area contributed by atoms with Gasteiger partial charge in [0.1, 0.15) is 6.10 Å². The fraction of sp³-hybridized carbons (Fsp3) is 0.455. The summed E-state index contributed by atoms with van der Waals surface area (Å²) in [7, 11) is 0. The van der Waals surface area contributed by atoms with Crippen molar-refractivity contribution in [2.75, 3.05) is 32.7 Å². The first-order valence-electron chi connectivity index (χ1n) is 10.3. The van der Waals surface area contributed by atoms with E-state index in [0.29, 0.717) is 23.3 Å². The second-order valence-corrected chi connectivity index (χ2v) is 9.15. The lowest BCUT2D eigenvalue weighted by Crippen LogP contribution is -2.40. The molecule has 1 fully saturated rings. The summed E-state index contributed by atoms with van der Waals surface area (Å²) in [6, 6.07) is 13.8. The van der Waals surface area contributed by atoms with Gasteiger partial charge in [-0.05, 0) is 31.0 Å². The van der Waals surface area contributed by atoms with Crippen LogP contribution in [0.4, 0.5) is 0 Å². The Morgan fingerprint density at radius 2 is 2.10 bits per heavy atom. The van der Waals surface area contributed by atoms with Crippen molar-refractivity contribution in [2.45, 2.75) is 25.9 Å². The van der Waals surface area contributed by atoms with Gasteiger partial charge in [0.2, 0.25) is 5.91 Å². The predicted octanol–water partition coefficient (Wildman–Crippen LogP) is 3.08. The van der Waals surface area contributed by atoms with Crippen molar-refractivity contribution in [2.24, 2.45) is 10.9 Å². The van der Waals surface area contributed by atoms with E-state index in [4.69, 9.17) is 11.6 Å². The smallest absolute Gasteiger partial charge is 0.223 e. The summed E-state index contributed by atoms with van der Waals surface area (Å²) in [5.74, 6) is 1.11. The number of amides is 1. The number of aliphatic imine (C=N–C) groups is 1. The molecule has 0 saturated carbocycles. The molecule has 3 rings (SSSR count). The Balaban J connectivity index is 1.46. The highest BCUT2D eigenvalue weighted by molar-refractivity contribution is 7.16. The molecule has 2 unspecified atom stereocenters. The zero-order valence-electron chi connectivity index (χ0n) is 17.2. The fourth-order valence-corrected chi connectivity index (χ4v) is 4.51. The zero-order valence-corrected chi connectivity index (χ0v) is 18.8. The molecule has 3 N–H and O–H groups in total. The zero-order chi connectivity index (χ0) is 21.3. The van der Waals surface area contributed by atoms with Gasteiger partial charge in [-0.25, -0.2) is 0 Å². The third-order valence-corrected chi connectivity index (χ3v) is 6.39. The van der Waals surface area contributed by atoms with Gasteiger partial charge in [0, 0.05) is 43.4 Å². The Morgan fingerprint density at radius 1 is 1.30 bits per heavy atom. The molecule has 1 saturated heterocycles. The number of aliphatic hydroxyl groups is 1. The summed E-state index contributed by atoms with van der Waals surface area (Å²) >= 11 is 7.30. The first-order valence-corrected chi connectivity index (χ1v) is 11.5. The Hall–Kier alpha value is -2.09. The summed E-state index contributed by atoms with van der Waals surface area (Å²) in [6.07, 6.45) is 0.749. The van der Waals surface area contributed by atoms with Crippen molar-refractivity contribution in [3.63, 3.8) is 0 Å². The van der Waals surface area contributed by atoms with E-state index in [2.05, 4.69) is 27.8 Å². The molecule has 0 spiro atoms. The molecule has 1 aliphatic heterocycles. The molecular formula is C22H29ClN4O2S. The third kappa shape index (κ3) is 6.72. The molecule has 0 bridgehead atoms. The molecule has 1 aromatic heterocycles. The normalized spacial score (nSPS) is 18.0. The van der Waals surface area contributed by atoms with Crippen molar-refractivity contribution in [3.8, 4) is 0 Å². The Labute approximate surface area is 187 Å².